The van der Waals surface area contributed by atoms with E-state index in [4.69, 9.17) is 9.47 Å². The van der Waals surface area contributed by atoms with Crippen molar-refractivity contribution < 1.29 is 14.3 Å². The van der Waals surface area contributed by atoms with Gasteiger partial charge in [-0.1, -0.05) is 22.0 Å². The fourth-order valence-corrected chi connectivity index (χ4v) is 4.41. The predicted molar refractivity (Wildman–Crippen MR) is 118 cm³/mol. The molecule has 150 valence electrons. The second-order valence-corrected chi connectivity index (χ2v) is 9.20. The predicted octanol–water partition coefficient (Wildman–Crippen LogP) is 6.33. The summed E-state index contributed by atoms with van der Waals surface area (Å²) in [4.78, 5) is 12.8. The molecule has 0 N–H and O–H groups in total. The summed E-state index contributed by atoms with van der Waals surface area (Å²) in [6.07, 6.45) is 3.75. The third-order valence-corrected chi connectivity index (χ3v) is 6.26. The molecular weight excluding hydrogens is 436 g/mol. The molecule has 28 heavy (non-hydrogen) atoms. The molecule has 2 aromatic rings. The average Bonchev–Trinajstić information content (AvgIpc) is 3.48. The van der Waals surface area contributed by atoms with Gasteiger partial charge in [-0.2, -0.15) is 0 Å². The number of carbonyl (C=O) groups is 1. The molecule has 0 unspecified atom stereocenters. The fourth-order valence-electron chi connectivity index (χ4n) is 2.96. The Morgan fingerprint density at radius 2 is 2.04 bits per heavy atom. The van der Waals surface area contributed by atoms with Crippen LogP contribution in [0.1, 0.15) is 42.9 Å². The molecule has 0 radical (unpaired) electrons. The lowest BCUT2D eigenvalue weighted by Crippen LogP contribution is -2.05. The van der Waals surface area contributed by atoms with Gasteiger partial charge in [0.25, 0.3) is 0 Å². The van der Waals surface area contributed by atoms with Gasteiger partial charge in [0.15, 0.2) is 0 Å². The van der Waals surface area contributed by atoms with Crippen molar-refractivity contribution in [2.24, 2.45) is 5.92 Å². The Balaban J connectivity index is 1.55. The zero-order valence-electron chi connectivity index (χ0n) is 16.5. The van der Waals surface area contributed by atoms with Gasteiger partial charge in [-0.15, -0.1) is 11.8 Å². The Hall–Kier alpha value is -1.46. The number of ether oxygens (including phenoxy) is 2. The normalized spacial score (nSPS) is 13.4. The first-order valence-electron chi connectivity index (χ1n) is 9.83. The Labute approximate surface area is 180 Å². The Kier molecular flexibility index (Phi) is 7.86. The lowest BCUT2D eigenvalue weighted by Gasteiger charge is -2.10. The number of aryl methyl sites for hydroxylation is 2. The summed E-state index contributed by atoms with van der Waals surface area (Å²) >= 11 is 5.41. The number of hydrogen-bond acceptors (Lipinski definition) is 4. The minimum absolute atomic E-state index is 0.130. The van der Waals surface area contributed by atoms with Crippen molar-refractivity contribution in [1.29, 1.82) is 0 Å². The SMILES string of the molecule is CCOC(=O)CCc1ccc(SCc2cc(Br)cc(OCC3CC3)c2)cc1C. The van der Waals surface area contributed by atoms with Crippen LogP contribution in [-0.4, -0.2) is 19.2 Å². The molecule has 1 saturated carbocycles. The fraction of sp³-hybridized carbons (Fsp3) is 0.435. The second kappa shape index (κ2) is 10.4. The number of halogens is 1. The maximum Gasteiger partial charge on any atom is 0.306 e. The first-order valence-corrected chi connectivity index (χ1v) is 11.6. The summed E-state index contributed by atoms with van der Waals surface area (Å²) in [6, 6.07) is 12.8. The maximum absolute atomic E-state index is 11.6. The van der Waals surface area contributed by atoms with Crippen LogP contribution in [0.15, 0.2) is 45.8 Å². The lowest BCUT2D eigenvalue weighted by molar-refractivity contribution is -0.143. The summed E-state index contributed by atoms with van der Waals surface area (Å²) in [6.45, 7) is 5.21. The van der Waals surface area contributed by atoms with Gasteiger partial charge in [0.2, 0.25) is 0 Å². The van der Waals surface area contributed by atoms with E-state index in [0.29, 0.717) is 13.0 Å². The van der Waals surface area contributed by atoms with E-state index < -0.39 is 0 Å². The molecule has 0 spiro atoms. The molecule has 1 aliphatic carbocycles. The van der Waals surface area contributed by atoms with Gasteiger partial charge < -0.3 is 9.47 Å². The van der Waals surface area contributed by atoms with Crippen molar-refractivity contribution in [2.75, 3.05) is 13.2 Å². The Morgan fingerprint density at radius 3 is 2.75 bits per heavy atom. The lowest BCUT2D eigenvalue weighted by atomic mass is 10.0. The molecule has 0 aliphatic heterocycles. The van der Waals surface area contributed by atoms with E-state index in [1.54, 1.807) is 0 Å². The van der Waals surface area contributed by atoms with Crippen molar-refractivity contribution in [3.8, 4) is 5.75 Å². The smallest absolute Gasteiger partial charge is 0.306 e. The van der Waals surface area contributed by atoms with Gasteiger partial charge >= 0.3 is 5.97 Å². The topological polar surface area (TPSA) is 35.5 Å². The van der Waals surface area contributed by atoms with Crippen LogP contribution in [-0.2, 0) is 21.7 Å². The highest BCUT2D eigenvalue weighted by atomic mass is 79.9. The highest BCUT2D eigenvalue weighted by Crippen LogP contribution is 2.32. The van der Waals surface area contributed by atoms with Crippen molar-refractivity contribution in [3.05, 3.63) is 57.6 Å². The third-order valence-electron chi connectivity index (χ3n) is 4.74. The zero-order valence-corrected chi connectivity index (χ0v) is 18.9. The highest BCUT2D eigenvalue weighted by molar-refractivity contribution is 9.10. The first-order chi connectivity index (χ1) is 13.5. The number of carbonyl (C=O) groups excluding carboxylic acids is 1. The molecule has 0 heterocycles. The van der Waals surface area contributed by atoms with Crippen molar-refractivity contribution in [2.45, 2.75) is 50.2 Å². The minimum atomic E-state index is -0.130. The van der Waals surface area contributed by atoms with Crippen LogP contribution < -0.4 is 4.74 Å². The highest BCUT2D eigenvalue weighted by Gasteiger charge is 2.22. The van der Waals surface area contributed by atoms with Crippen molar-refractivity contribution in [3.63, 3.8) is 0 Å². The van der Waals surface area contributed by atoms with E-state index in [0.717, 1.165) is 34.9 Å². The Bertz CT molecular complexity index is 817. The van der Waals surface area contributed by atoms with Gasteiger partial charge in [-0.3, -0.25) is 4.79 Å². The van der Waals surface area contributed by atoms with E-state index in [-0.39, 0.29) is 5.97 Å². The molecule has 1 aliphatic rings. The number of benzene rings is 2. The molecule has 3 nitrogen and oxygen atoms in total. The number of rotatable bonds is 10. The van der Waals surface area contributed by atoms with Crippen LogP contribution in [0.4, 0.5) is 0 Å². The van der Waals surface area contributed by atoms with E-state index in [1.165, 1.54) is 34.4 Å². The molecule has 0 bridgehead atoms. The summed E-state index contributed by atoms with van der Waals surface area (Å²) in [5.74, 6) is 2.46. The van der Waals surface area contributed by atoms with E-state index in [2.05, 4.69) is 53.2 Å². The van der Waals surface area contributed by atoms with Gasteiger partial charge in [0.05, 0.1) is 13.2 Å². The number of thioether (sulfide) groups is 1. The minimum Gasteiger partial charge on any atom is -0.493 e. The van der Waals surface area contributed by atoms with Crippen LogP contribution in [0.3, 0.4) is 0 Å². The summed E-state index contributed by atoms with van der Waals surface area (Å²) in [5.41, 5.74) is 3.67. The van der Waals surface area contributed by atoms with E-state index in [1.807, 2.05) is 24.8 Å². The van der Waals surface area contributed by atoms with Gasteiger partial charge in [0, 0.05) is 21.5 Å². The molecule has 0 atom stereocenters. The largest absolute Gasteiger partial charge is 0.493 e. The van der Waals surface area contributed by atoms with Crippen molar-refractivity contribution >= 4 is 33.7 Å². The third kappa shape index (κ3) is 6.85. The van der Waals surface area contributed by atoms with Crippen LogP contribution >= 0.6 is 27.7 Å². The van der Waals surface area contributed by atoms with Crippen LogP contribution in [0.25, 0.3) is 0 Å². The molecule has 0 amide bonds. The van der Waals surface area contributed by atoms with Crippen LogP contribution in [0.5, 0.6) is 5.75 Å². The molecule has 1 fully saturated rings. The number of esters is 1. The standard InChI is InChI=1S/C23H27BrO3S/c1-3-26-23(25)9-7-19-6-8-22(10-16(19)2)28-15-18-11-20(24)13-21(12-18)27-14-17-4-5-17/h6,8,10-13,17H,3-5,7,9,14-15H2,1-2H3. The quantitative estimate of drug-likeness (QED) is 0.305. The molecule has 0 saturated heterocycles. The van der Waals surface area contributed by atoms with Gasteiger partial charge in [-0.05, 0) is 86.1 Å². The van der Waals surface area contributed by atoms with Crippen LogP contribution in [0.2, 0.25) is 0 Å². The van der Waals surface area contributed by atoms with Crippen molar-refractivity contribution in [1.82, 2.24) is 0 Å². The average molecular weight is 463 g/mol. The summed E-state index contributed by atoms with van der Waals surface area (Å²) in [7, 11) is 0. The Morgan fingerprint density at radius 1 is 1.21 bits per heavy atom. The van der Waals surface area contributed by atoms with Crippen LogP contribution in [0, 0.1) is 12.8 Å². The monoisotopic (exact) mass is 462 g/mol. The number of hydrogen-bond donors (Lipinski definition) is 0. The second-order valence-electron chi connectivity index (χ2n) is 7.23. The van der Waals surface area contributed by atoms with E-state index in [9.17, 15) is 4.79 Å². The van der Waals surface area contributed by atoms with Gasteiger partial charge in [0.1, 0.15) is 5.75 Å². The summed E-state index contributed by atoms with van der Waals surface area (Å²) in [5, 5.41) is 0. The molecular formula is C23H27BrO3S. The molecule has 0 aromatic heterocycles. The van der Waals surface area contributed by atoms with Gasteiger partial charge in [-0.25, -0.2) is 0 Å². The van der Waals surface area contributed by atoms with E-state index >= 15 is 0 Å². The molecule has 3 rings (SSSR count). The first kappa shape index (κ1) is 21.3. The molecule has 2 aromatic carbocycles. The summed E-state index contributed by atoms with van der Waals surface area (Å²) < 4.78 is 12.0. The molecule has 5 heteroatoms. The maximum atomic E-state index is 11.6. The zero-order chi connectivity index (χ0) is 19.9.